The van der Waals surface area contributed by atoms with Gasteiger partial charge in [0, 0.05) is 11.0 Å². The quantitative estimate of drug-likeness (QED) is 0.605. The van der Waals surface area contributed by atoms with E-state index in [0.717, 1.165) is 11.9 Å². The summed E-state index contributed by atoms with van der Waals surface area (Å²) in [5, 5.41) is 0.858. The van der Waals surface area contributed by atoms with Crippen LogP contribution in [0, 0.1) is 0 Å². The van der Waals surface area contributed by atoms with Crippen LogP contribution in [0.3, 0.4) is 0 Å². The molecule has 2 heteroatoms. The fourth-order valence-corrected chi connectivity index (χ4v) is 2.05. The molecule has 2 rings (SSSR count). The fraction of sp³-hybridized carbons (Fsp3) is 1.00. The van der Waals surface area contributed by atoms with Crippen LogP contribution in [-0.4, -0.2) is 23.7 Å². The summed E-state index contributed by atoms with van der Waals surface area (Å²) >= 11 is 2.03. The Bertz CT molecular complexity index is 117. The molecule has 0 aromatic rings. The number of hydrogen-bond donors (Lipinski definition) is 0. The highest BCUT2D eigenvalue weighted by atomic mass is 32.2. The van der Waals surface area contributed by atoms with E-state index >= 15 is 0 Å². The van der Waals surface area contributed by atoms with Crippen molar-refractivity contribution in [2.45, 2.75) is 43.5 Å². The molecule has 0 aromatic heterocycles. The maximum Gasteiger partial charge on any atom is 0.0596 e. The zero-order valence-electron chi connectivity index (χ0n) is 6.92. The molecular formula is C9H16OS. The van der Waals surface area contributed by atoms with Gasteiger partial charge in [-0.2, -0.15) is 11.8 Å². The predicted molar refractivity (Wildman–Crippen MR) is 49.1 cm³/mol. The maximum absolute atomic E-state index is 5.79. The molecule has 1 aliphatic heterocycles. The summed E-state index contributed by atoms with van der Waals surface area (Å²) in [5.74, 6) is 1.34. The van der Waals surface area contributed by atoms with E-state index in [-0.39, 0.29) is 0 Å². The van der Waals surface area contributed by atoms with E-state index in [1.54, 1.807) is 0 Å². The van der Waals surface area contributed by atoms with Crippen LogP contribution in [0.2, 0.25) is 0 Å². The highest BCUT2D eigenvalue weighted by Gasteiger charge is 2.24. The Kier molecular flexibility index (Phi) is 2.75. The van der Waals surface area contributed by atoms with Gasteiger partial charge in [-0.3, -0.25) is 0 Å². The summed E-state index contributed by atoms with van der Waals surface area (Å²) < 4.78 is 5.79. The minimum Gasteiger partial charge on any atom is -0.377 e. The second-order valence-corrected chi connectivity index (χ2v) is 4.88. The molecule has 0 aromatic carbocycles. The molecule has 0 radical (unpaired) electrons. The SMILES string of the molecule is C1CCC(OCC2CS2)CC1. The summed E-state index contributed by atoms with van der Waals surface area (Å²) in [6.45, 7) is 1.02. The minimum absolute atomic E-state index is 0.616. The van der Waals surface area contributed by atoms with Crippen LogP contribution in [0.4, 0.5) is 0 Å². The van der Waals surface area contributed by atoms with Gasteiger partial charge < -0.3 is 4.74 Å². The van der Waals surface area contributed by atoms with Crippen molar-refractivity contribution < 1.29 is 4.74 Å². The molecule has 0 N–H and O–H groups in total. The number of ether oxygens (including phenoxy) is 1. The van der Waals surface area contributed by atoms with Gasteiger partial charge in [0.05, 0.1) is 12.7 Å². The monoisotopic (exact) mass is 172 g/mol. The molecule has 0 bridgehead atoms. The highest BCUT2D eigenvalue weighted by Crippen LogP contribution is 2.31. The summed E-state index contributed by atoms with van der Waals surface area (Å²) in [4.78, 5) is 0. The Labute approximate surface area is 72.9 Å². The Morgan fingerprint density at radius 2 is 1.91 bits per heavy atom. The van der Waals surface area contributed by atoms with Gasteiger partial charge in [0.25, 0.3) is 0 Å². The van der Waals surface area contributed by atoms with Gasteiger partial charge in [0.2, 0.25) is 0 Å². The summed E-state index contributed by atoms with van der Waals surface area (Å²) in [6.07, 6.45) is 7.46. The number of rotatable bonds is 3. The summed E-state index contributed by atoms with van der Waals surface area (Å²) in [5.41, 5.74) is 0. The lowest BCUT2D eigenvalue weighted by Crippen LogP contribution is -2.18. The Morgan fingerprint density at radius 3 is 2.55 bits per heavy atom. The van der Waals surface area contributed by atoms with Crippen molar-refractivity contribution in [2.24, 2.45) is 0 Å². The largest absolute Gasteiger partial charge is 0.377 e. The average molecular weight is 172 g/mol. The van der Waals surface area contributed by atoms with Crippen LogP contribution >= 0.6 is 11.8 Å². The molecule has 1 saturated carbocycles. The smallest absolute Gasteiger partial charge is 0.0596 e. The first-order valence-corrected chi connectivity index (χ1v) is 5.73. The van der Waals surface area contributed by atoms with Crippen molar-refractivity contribution in [3.63, 3.8) is 0 Å². The van der Waals surface area contributed by atoms with Gasteiger partial charge >= 0.3 is 0 Å². The molecule has 1 unspecified atom stereocenters. The highest BCUT2D eigenvalue weighted by molar-refractivity contribution is 8.06. The van der Waals surface area contributed by atoms with E-state index in [1.807, 2.05) is 11.8 Å². The third-order valence-electron chi connectivity index (χ3n) is 2.47. The molecule has 11 heavy (non-hydrogen) atoms. The summed E-state index contributed by atoms with van der Waals surface area (Å²) in [7, 11) is 0. The number of hydrogen-bond acceptors (Lipinski definition) is 2. The molecule has 1 heterocycles. The topological polar surface area (TPSA) is 9.23 Å². The van der Waals surface area contributed by atoms with Crippen LogP contribution < -0.4 is 0 Å². The zero-order valence-corrected chi connectivity index (χ0v) is 7.74. The lowest BCUT2D eigenvalue weighted by Gasteiger charge is -2.21. The van der Waals surface area contributed by atoms with Crippen LogP contribution in [0.15, 0.2) is 0 Å². The molecule has 64 valence electrons. The van der Waals surface area contributed by atoms with E-state index in [4.69, 9.17) is 4.74 Å². The predicted octanol–water partition coefficient (Wildman–Crippen LogP) is 2.45. The molecule has 1 saturated heterocycles. The zero-order chi connectivity index (χ0) is 7.52. The molecule has 0 amide bonds. The van der Waals surface area contributed by atoms with Gasteiger partial charge in [0.1, 0.15) is 0 Å². The lowest BCUT2D eigenvalue weighted by molar-refractivity contribution is 0.0334. The minimum atomic E-state index is 0.616. The van der Waals surface area contributed by atoms with Crippen molar-refractivity contribution >= 4 is 11.8 Å². The molecule has 0 spiro atoms. The third-order valence-corrected chi connectivity index (χ3v) is 3.41. The van der Waals surface area contributed by atoms with E-state index in [0.29, 0.717) is 6.10 Å². The maximum atomic E-state index is 5.79. The van der Waals surface area contributed by atoms with Gasteiger partial charge in [0.15, 0.2) is 0 Å². The van der Waals surface area contributed by atoms with Crippen molar-refractivity contribution in [1.29, 1.82) is 0 Å². The van der Waals surface area contributed by atoms with Crippen molar-refractivity contribution in [3.05, 3.63) is 0 Å². The van der Waals surface area contributed by atoms with Crippen LogP contribution in [-0.2, 0) is 4.74 Å². The fourth-order valence-electron chi connectivity index (χ4n) is 1.64. The van der Waals surface area contributed by atoms with Gasteiger partial charge in [-0.15, -0.1) is 0 Å². The normalized spacial score (nSPS) is 32.2. The standard InChI is InChI=1S/C9H16OS/c1-2-4-8(5-3-1)10-6-9-7-11-9/h8-9H,1-7H2. The molecule has 1 atom stereocenters. The first kappa shape index (κ1) is 7.93. The first-order chi connectivity index (χ1) is 5.45. The lowest BCUT2D eigenvalue weighted by atomic mass is 9.98. The van der Waals surface area contributed by atoms with E-state index in [2.05, 4.69) is 0 Å². The number of thioether (sulfide) groups is 1. The Balaban J connectivity index is 1.59. The van der Waals surface area contributed by atoms with Gasteiger partial charge in [-0.1, -0.05) is 19.3 Å². The summed E-state index contributed by atoms with van der Waals surface area (Å²) in [6, 6.07) is 0. The van der Waals surface area contributed by atoms with Crippen LogP contribution in [0.5, 0.6) is 0 Å². The van der Waals surface area contributed by atoms with Gasteiger partial charge in [-0.05, 0) is 12.8 Å². The van der Waals surface area contributed by atoms with Gasteiger partial charge in [-0.25, -0.2) is 0 Å². The van der Waals surface area contributed by atoms with Crippen LogP contribution in [0.25, 0.3) is 0 Å². The Hall–Kier alpha value is 0.310. The molecule has 2 aliphatic rings. The molecule has 2 fully saturated rings. The third kappa shape index (κ3) is 2.68. The van der Waals surface area contributed by atoms with Crippen LogP contribution in [0.1, 0.15) is 32.1 Å². The van der Waals surface area contributed by atoms with E-state index < -0.39 is 0 Å². The molecule has 1 aliphatic carbocycles. The second kappa shape index (κ2) is 3.81. The van der Waals surface area contributed by atoms with Crippen molar-refractivity contribution in [3.8, 4) is 0 Å². The van der Waals surface area contributed by atoms with Crippen molar-refractivity contribution in [1.82, 2.24) is 0 Å². The molecule has 1 nitrogen and oxygen atoms in total. The first-order valence-electron chi connectivity index (χ1n) is 4.68. The second-order valence-electron chi connectivity index (χ2n) is 3.55. The molecular weight excluding hydrogens is 156 g/mol. The Morgan fingerprint density at radius 1 is 1.18 bits per heavy atom. The van der Waals surface area contributed by atoms with Crippen molar-refractivity contribution in [2.75, 3.05) is 12.4 Å². The van der Waals surface area contributed by atoms with E-state index in [1.165, 1.54) is 37.9 Å². The average Bonchev–Trinajstić information content (AvgIpc) is 2.86. The van der Waals surface area contributed by atoms with E-state index in [9.17, 15) is 0 Å².